The van der Waals surface area contributed by atoms with Crippen LogP contribution < -0.4 is 37.7 Å². The summed E-state index contributed by atoms with van der Waals surface area (Å²) >= 11 is 0. The van der Waals surface area contributed by atoms with Gasteiger partial charge in [-0.2, -0.15) is 0 Å². The maximum absolute atomic E-state index is 13.5. The van der Waals surface area contributed by atoms with Gasteiger partial charge in [0.15, 0.2) is 0 Å². The van der Waals surface area contributed by atoms with Crippen LogP contribution in [0, 0.1) is 0 Å². The summed E-state index contributed by atoms with van der Waals surface area (Å²) in [6.45, 7) is 0. The number of carboxylic acid groups (broad SMARTS) is 1. The van der Waals surface area contributed by atoms with E-state index in [1.165, 1.54) is 24.3 Å². The van der Waals surface area contributed by atoms with Gasteiger partial charge in [-0.05, 0) is 36.1 Å². The van der Waals surface area contributed by atoms with Crippen molar-refractivity contribution in [2.24, 2.45) is 17.2 Å². The fourth-order valence-corrected chi connectivity index (χ4v) is 4.52. The van der Waals surface area contributed by atoms with Crippen LogP contribution in [0.4, 0.5) is 0 Å². The number of carboxylic acids is 1. The Morgan fingerprint density at radius 2 is 1.17 bits per heavy atom. The fraction of sp³-hybridized carbons (Fsp3) is 0.357. The topological polar surface area (TPSA) is 304 Å². The van der Waals surface area contributed by atoms with Gasteiger partial charge >= 0.3 is 13.8 Å². The minimum Gasteiger partial charge on any atom is -0.480 e. The van der Waals surface area contributed by atoms with Gasteiger partial charge in [0.05, 0.1) is 6.04 Å². The second kappa shape index (κ2) is 17.6. The quantitative estimate of drug-likeness (QED) is 0.0763. The van der Waals surface area contributed by atoms with Crippen molar-refractivity contribution >= 4 is 43.3 Å². The van der Waals surface area contributed by atoms with E-state index in [1.54, 1.807) is 30.3 Å². The first-order chi connectivity index (χ1) is 21.5. The molecule has 0 fully saturated rings. The molecule has 0 aliphatic rings. The Bertz CT molecular complexity index is 1440. The third-order valence-corrected chi connectivity index (χ3v) is 6.92. The van der Waals surface area contributed by atoms with Gasteiger partial charge in [-0.15, -0.1) is 0 Å². The number of benzene rings is 2. The average Bonchev–Trinajstić information content (AvgIpc) is 2.97. The van der Waals surface area contributed by atoms with E-state index < -0.39 is 67.5 Å². The molecular weight excluding hydrogens is 627 g/mol. The third-order valence-electron chi connectivity index (χ3n) is 6.47. The highest BCUT2D eigenvalue weighted by molar-refractivity contribution is 7.46. The number of aliphatic carboxylic acids is 1. The molecule has 0 saturated heterocycles. The molecule has 250 valence electrons. The number of primary amides is 2. The molecule has 0 bridgehead atoms. The van der Waals surface area contributed by atoms with E-state index >= 15 is 0 Å². The molecular formula is C28H37N6O11P. The minimum atomic E-state index is -4.85. The number of rotatable bonds is 19. The van der Waals surface area contributed by atoms with Crippen LogP contribution in [0.1, 0.15) is 36.8 Å². The van der Waals surface area contributed by atoms with Gasteiger partial charge in [-0.3, -0.25) is 33.8 Å². The highest BCUT2D eigenvalue weighted by Crippen LogP contribution is 2.37. The minimum absolute atomic E-state index is 0.0858. The number of phosphoric ester groups is 1. The standard InChI is InChI=1S/C28H37N6O11P/c29-19(10-12-23(30)35)25(37)32-20(11-13-24(31)36)26(38)33-21(14-17-6-8-18(9-7-17)45-46(42,43)44)27(39)34-22(28(40)41)15-16-4-2-1-3-5-16/h1-9,19-22H,10-15,29H2,(H2,30,35)(H2,31,36)(H,32,37)(H,33,38)(H,34,39)(H,40,41)(H2,42,43,44)/t19-,20-,21-,22-/m0/s1. The van der Waals surface area contributed by atoms with E-state index in [9.17, 15) is 38.4 Å². The van der Waals surface area contributed by atoms with Gasteiger partial charge in [0.25, 0.3) is 0 Å². The lowest BCUT2D eigenvalue weighted by atomic mass is 10.0. The number of phosphoric acid groups is 1. The number of hydrogen-bond donors (Lipinski definition) is 9. The number of hydrogen-bond acceptors (Lipinski definition) is 9. The van der Waals surface area contributed by atoms with Gasteiger partial charge in [0, 0.05) is 25.7 Å². The SMILES string of the molecule is NC(=O)CC[C@H](NC(=O)[C@@H](N)CCC(N)=O)C(=O)N[C@@H](Cc1ccc(OP(=O)(O)O)cc1)C(=O)N[C@@H](Cc1ccccc1)C(=O)O. The molecule has 17 nitrogen and oxygen atoms in total. The Hall–Kier alpha value is -4.83. The molecule has 0 aliphatic carbocycles. The first kappa shape index (κ1) is 37.4. The summed E-state index contributed by atoms with van der Waals surface area (Å²) in [6.07, 6.45) is -1.30. The summed E-state index contributed by atoms with van der Waals surface area (Å²) in [5.74, 6) is -5.72. The van der Waals surface area contributed by atoms with E-state index in [-0.39, 0.29) is 44.3 Å². The maximum Gasteiger partial charge on any atom is 0.524 e. The van der Waals surface area contributed by atoms with Crippen LogP contribution in [0.25, 0.3) is 0 Å². The van der Waals surface area contributed by atoms with Gasteiger partial charge in [0.1, 0.15) is 23.9 Å². The van der Waals surface area contributed by atoms with Crippen LogP contribution in [0.15, 0.2) is 54.6 Å². The lowest BCUT2D eigenvalue weighted by Crippen LogP contribution is -2.58. The largest absolute Gasteiger partial charge is 0.524 e. The van der Waals surface area contributed by atoms with E-state index in [0.717, 1.165) is 0 Å². The van der Waals surface area contributed by atoms with Crippen LogP contribution >= 0.6 is 7.82 Å². The van der Waals surface area contributed by atoms with Crippen molar-refractivity contribution in [3.63, 3.8) is 0 Å². The van der Waals surface area contributed by atoms with Crippen LogP contribution in [-0.4, -0.2) is 74.6 Å². The molecule has 5 amide bonds. The normalized spacial score (nSPS) is 13.7. The van der Waals surface area contributed by atoms with Gasteiger partial charge in [-0.25, -0.2) is 9.36 Å². The number of nitrogens with one attached hydrogen (secondary N) is 3. The summed E-state index contributed by atoms with van der Waals surface area (Å²) < 4.78 is 15.7. The summed E-state index contributed by atoms with van der Waals surface area (Å²) in [6, 6.07) is 8.10. The van der Waals surface area contributed by atoms with E-state index in [1.807, 2.05) is 0 Å². The molecule has 0 heterocycles. The predicted octanol–water partition coefficient (Wildman–Crippen LogP) is -1.66. The number of nitrogens with two attached hydrogens (primary N) is 3. The number of carbonyl (C=O) groups excluding carboxylic acids is 5. The van der Waals surface area contributed by atoms with E-state index in [0.29, 0.717) is 11.1 Å². The number of amides is 5. The molecule has 2 aromatic carbocycles. The average molecular weight is 665 g/mol. The van der Waals surface area contributed by atoms with Crippen molar-refractivity contribution in [3.05, 3.63) is 65.7 Å². The molecule has 2 rings (SSSR count). The molecule has 18 heteroatoms. The number of carbonyl (C=O) groups is 6. The van der Waals surface area contributed by atoms with E-state index in [2.05, 4.69) is 20.5 Å². The van der Waals surface area contributed by atoms with E-state index in [4.69, 9.17) is 27.0 Å². The summed E-state index contributed by atoms with van der Waals surface area (Å²) in [5.41, 5.74) is 17.1. The van der Waals surface area contributed by atoms with Crippen molar-refractivity contribution in [3.8, 4) is 5.75 Å². The van der Waals surface area contributed by atoms with Gasteiger partial charge in [-0.1, -0.05) is 42.5 Å². The molecule has 4 atom stereocenters. The second-order valence-corrected chi connectivity index (χ2v) is 11.4. The highest BCUT2D eigenvalue weighted by atomic mass is 31.2. The van der Waals surface area contributed by atoms with Crippen molar-refractivity contribution in [1.29, 1.82) is 0 Å². The van der Waals surface area contributed by atoms with Crippen molar-refractivity contribution in [1.82, 2.24) is 16.0 Å². The van der Waals surface area contributed by atoms with Crippen LogP contribution in [0.5, 0.6) is 5.75 Å². The maximum atomic E-state index is 13.5. The third kappa shape index (κ3) is 13.9. The van der Waals surface area contributed by atoms with Crippen LogP contribution in [0.3, 0.4) is 0 Å². The highest BCUT2D eigenvalue weighted by Gasteiger charge is 2.31. The van der Waals surface area contributed by atoms with Gasteiger partial charge < -0.3 is 42.8 Å². The van der Waals surface area contributed by atoms with Crippen LogP contribution in [0.2, 0.25) is 0 Å². The molecule has 12 N–H and O–H groups in total. The molecule has 0 aromatic heterocycles. The molecule has 46 heavy (non-hydrogen) atoms. The zero-order valence-corrected chi connectivity index (χ0v) is 25.4. The molecule has 2 aromatic rings. The van der Waals surface area contributed by atoms with Crippen molar-refractivity contribution in [2.45, 2.75) is 62.7 Å². The Morgan fingerprint density at radius 3 is 1.72 bits per heavy atom. The Labute approximate surface area is 263 Å². The smallest absolute Gasteiger partial charge is 0.480 e. The molecule has 0 unspecified atom stereocenters. The zero-order chi connectivity index (χ0) is 34.4. The monoisotopic (exact) mass is 664 g/mol. The Morgan fingerprint density at radius 1 is 0.696 bits per heavy atom. The van der Waals surface area contributed by atoms with Crippen molar-refractivity contribution < 1.29 is 52.7 Å². The van der Waals surface area contributed by atoms with Crippen molar-refractivity contribution in [2.75, 3.05) is 0 Å². The molecule has 0 aliphatic heterocycles. The van der Waals surface area contributed by atoms with Crippen LogP contribution in [-0.2, 0) is 46.2 Å². The summed E-state index contributed by atoms with van der Waals surface area (Å²) in [5, 5.41) is 17.0. The predicted molar refractivity (Wildman–Crippen MR) is 161 cm³/mol. The molecule has 0 saturated carbocycles. The lowest BCUT2D eigenvalue weighted by Gasteiger charge is -2.25. The second-order valence-electron chi connectivity index (χ2n) is 10.3. The lowest BCUT2D eigenvalue weighted by molar-refractivity contribution is -0.142. The zero-order valence-electron chi connectivity index (χ0n) is 24.5. The summed E-state index contributed by atoms with van der Waals surface area (Å²) in [4.78, 5) is 92.1. The summed E-state index contributed by atoms with van der Waals surface area (Å²) in [7, 11) is -4.85. The fourth-order valence-electron chi connectivity index (χ4n) is 4.13. The molecule has 0 spiro atoms. The Kier molecular flexibility index (Phi) is 14.3. The first-order valence-corrected chi connectivity index (χ1v) is 15.4. The first-order valence-electron chi connectivity index (χ1n) is 13.9. The molecule has 0 radical (unpaired) electrons. The van der Waals surface area contributed by atoms with Gasteiger partial charge in [0.2, 0.25) is 29.5 Å². The Balaban J connectivity index is 2.33.